The number of carbonyl (C=O) groups is 1. The molecule has 3 N–H and O–H groups in total. The number of aliphatic hydroxyl groups excluding tert-OH is 1. The van der Waals surface area contributed by atoms with Gasteiger partial charge in [-0.2, -0.15) is 0 Å². The highest BCUT2D eigenvalue weighted by molar-refractivity contribution is 5.77. The van der Waals surface area contributed by atoms with E-state index in [9.17, 15) is 4.79 Å². The molecule has 1 aromatic rings. The summed E-state index contributed by atoms with van der Waals surface area (Å²) in [7, 11) is 0. The maximum atomic E-state index is 11.3. The summed E-state index contributed by atoms with van der Waals surface area (Å²) in [6, 6.07) is 8.53. The van der Waals surface area contributed by atoms with E-state index in [1.54, 1.807) is 0 Å². The minimum Gasteiger partial charge on any atom is -0.459 e. The Bertz CT molecular complexity index is 349. The van der Waals surface area contributed by atoms with E-state index in [0.29, 0.717) is 0 Å². The van der Waals surface area contributed by atoms with Gasteiger partial charge in [-0.25, -0.2) is 0 Å². The second-order valence-corrected chi connectivity index (χ2v) is 3.23. The Morgan fingerprint density at radius 3 is 2.75 bits per heavy atom. The van der Waals surface area contributed by atoms with Crippen LogP contribution in [0.25, 0.3) is 0 Å². The van der Waals surface area contributed by atoms with Gasteiger partial charge in [-0.1, -0.05) is 42.5 Å². The summed E-state index contributed by atoms with van der Waals surface area (Å²) >= 11 is 0. The van der Waals surface area contributed by atoms with Crippen molar-refractivity contribution < 1.29 is 14.6 Å². The van der Waals surface area contributed by atoms with Crippen molar-refractivity contribution in [1.82, 2.24) is 0 Å². The molecule has 1 unspecified atom stereocenters. The molecule has 0 fully saturated rings. The van der Waals surface area contributed by atoms with Gasteiger partial charge in [-0.15, -0.1) is 0 Å². The molecule has 4 heteroatoms. The highest BCUT2D eigenvalue weighted by atomic mass is 16.5. The van der Waals surface area contributed by atoms with Gasteiger partial charge in [0.2, 0.25) is 0 Å². The summed E-state index contributed by atoms with van der Waals surface area (Å²) in [5.41, 5.74) is 6.41. The number of rotatable bonds is 5. The Labute approximate surface area is 94.3 Å². The van der Waals surface area contributed by atoms with Crippen molar-refractivity contribution in [3.63, 3.8) is 0 Å². The minimum atomic E-state index is -0.823. The van der Waals surface area contributed by atoms with Gasteiger partial charge >= 0.3 is 5.97 Å². The Hall–Kier alpha value is -1.65. The number of hydrogen-bond acceptors (Lipinski definition) is 4. The molecule has 0 aromatic heterocycles. The molecule has 0 heterocycles. The number of ether oxygens (including phenoxy) is 1. The molecule has 0 aliphatic carbocycles. The first-order valence-corrected chi connectivity index (χ1v) is 4.97. The Balaban J connectivity index is 2.38. The highest BCUT2D eigenvalue weighted by Crippen LogP contribution is 2.01. The van der Waals surface area contributed by atoms with Crippen LogP contribution in [0.1, 0.15) is 5.56 Å². The molecule has 1 aromatic carbocycles. The molecule has 0 spiro atoms. The van der Waals surface area contributed by atoms with E-state index >= 15 is 0 Å². The number of nitrogens with two attached hydrogens (primary N) is 1. The van der Waals surface area contributed by atoms with Gasteiger partial charge in [0, 0.05) is 0 Å². The van der Waals surface area contributed by atoms with Crippen molar-refractivity contribution in [1.29, 1.82) is 0 Å². The first-order chi connectivity index (χ1) is 7.74. The number of hydrogen-bond donors (Lipinski definition) is 2. The zero-order valence-electron chi connectivity index (χ0n) is 8.87. The molecule has 0 bridgehead atoms. The van der Waals surface area contributed by atoms with Crippen LogP contribution in [0, 0.1) is 0 Å². The predicted octanol–water partition coefficient (Wildman–Crippen LogP) is 0.606. The lowest BCUT2D eigenvalue weighted by Crippen LogP contribution is -2.30. The Morgan fingerprint density at radius 2 is 2.12 bits per heavy atom. The standard InChI is InChI=1S/C12H15NO3/c13-11(7-4-8-14)12(15)16-9-10-5-2-1-3-6-10/h1-7,11,14H,8-9,13H2. The fourth-order valence-corrected chi connectivity index (χ4v) is 1.11. The SMILES string of the molecule is NC(C=CCO)C(=O)OCc1ccccc1. The average molecular weight is 221 g/mol. The van der Waals surface area contributed by atoms with E-state index in [4.69, 9.17) is 15.6 Å². The fourth-order valence-electron chi connectivity index (χ4n) is 1.11. The van der Waals surface area contributed by atoms with Gasteiger partial charge < -0.3 is 15.6 Å². The highest BCUT2D eigenvalue weighted by Gasteiger charge is 2.10. The number of benzene rings is 1. The smallest absolute Gasteiger partial charge is 0.327 e. The van der Waals surface area contributed by atoms with Crippen LogP contribution in [0.15, 0.2) is 42.5 Å². The third-order valence-electron chi connectivity index (χ3n) is 1.94. The topological polar surface area (TPSA) is 72.5 Å². The number of aliphatic hydroxyl groups is 1. The molecule has 16 heavy (non-hydrogen) atoms. The van der Waals surface area contributed by atoms with Crippen molar-refractivity contribution in [3.8, 4) is 0 Å². The maximum Gasteiger partial charge on any atom is 0.327 e. The van der Waals surface area contributed by atoms with Crippen LogP contribution in [0.3, 0.4) is 0 Å². The Kier molecular flexibility index (Phi) is 5.25. The van der Waals surface area contributed by atoms with E-state index < -0.39 is 12.0 Å². The number of esters is 1. The van der Waals surface area contributed by atoms with E-state index in [-0.39, 0.29) is 13.2 Å². The average Bonchev–Trinajstić information content (AvgIpc) is 2.34. The second kappa shape index (κ2) is 6.76. The third-order valence-corrected chi connectivity index (χ3v) is 1.94. The second-order valence-electron chi connectivity index (χ2n) is 3.23. The lowest BCUT2D eigenvalue weighted by atomic mass is 10.2. The van der Waals surface area contributed by atoms with E-state index in [2.05, 4.69) is 0 Å². The molecule has 0 saturated heterocycles. The molecule has 0 aliphatic heterocycles. The van der Waals surface area contributed by atoms with E-state index in [1.807, 2.05) is 30.3 Å². The van der Waals surface area contributed by atoms with Gasteiger partial charge in [-0.3, -0.25) is 4.79 Å². The van der Waals surface area contributed by atoms with Gasteiger partial charge in [-0.05, 0) is 5.56 Å². The molecule has 4 nitrogen and oxygen atoms in total. The van der Waals surface area contributed by atoms with Crippen molar-refractivity contribution in [2.24, 2.45) is 5.73 Å². The molecule has 0 radical (unpaired) electrons. The lowest BCUT2D eigenvalue weighted by Gasteiger charge is -2.07. The molecule has 1 atom stereocenters. The lowest BCUT2D eigenvalue weighted by molar-refractivity contribution is -0.145. The summed E-state index contributed by atoms with van der Waals surface area (Å²) in [4.78, 5) is 11.3. The van der Waals surface area contributed by atoms with Crippen molar-refractivity contribution in [2.75, 3.05) is 6.61 Å². The molecule has 0 saturated carbocycles. The molecule has 0 aliphatic rings. The third kappa shape index (κ3) is 4.25. The predicted molar refractivity (Wildman–Crippen MR) is 60.4 cm³/mol. The summed E-state index contributed by atoms with van der Waals surface area (Å²) in [5.74, 6) is -0.506. The Morgan fingerprint density at radius 1 is 1.44 bits per heavy atom. The molecule has 0 amide bonds. The zero-order chi connectivity index (χ0) is 11.8. The molecular weight excluding hydrogens is 206 g/mol. The van der Waals surface area contributed by atoms with Crippen LogP contribution in [0.2, 0.25) is 0 Å². The molecule has 86 valence electrons. The summed E-state index contributed by atoms with van der Waals surface area (Å²) in [5, 5.41) is 8.51. The van der Waals surface area contributed by atoms with Gasteiger partial charge in [0.25, 0.3) is 0 Å². The van der Waals surface area contributed by atoms with Crippen molar-refractivity contribution in [3.05, 3.63) is 48.0 Å². The summed E-state index contributed by atoms with van der Waals surface area (Å²) < 4.78 is 4.99. The maximum absolute atomic E-state index is 11.3. The van der Waals surface area contributed by atoms with E-state index in [1.165, 1.54) is 12.2 Å². The van der Waals surface area contributed by atoms with E-state index in [0.717, 1.165) is 5.56 Å². The van der Waals surface area contributed by atoms with Crippen LogP contribution in [-0.2, 0) is 16.1 Å². The zero-order valence-corrected chi connectivity index (χ0v) is 8.87. The molecule has 1 rings (SSSR count). The van der Waals surface area contributed by atoms with Crippen LogP contribution in [-0.4, -0.2) is 23.7 Å². The largest absolute Gasteiger partial charge is 0.459 e. The van der Waals surface area contributed by atoms with Crippen molar-refractivity contribution in [2.45, 2.75) is 12.6 Å². The number of carbonyl (C=O) groups excluding carboxylic acids is 1. The minimum absolute atomic E-state index is 0.139. The summed E-state index contributed by atoms with van der Waals surface area (Å²) in [6.07, 6.45) is 2.82. The first-order valence-electron chi connectivity index (χ1n) is 4.97. The van der Waals surface area contributed by atoms with Gasteiger partial charge in [0.05, 0.1) is 6.61 Å². The van der Waals surface area contributed by atoms with Crippen LogP contribution in [0.5, 0.6) is 0 Å². The van der Waals surface area contributed by atoms with Crippen LogP contribution < -0.4 is 5.73 Å². The monoisotopic (exact) mass is 221 g/mol. The van der Waals surface area contributed by atoms with Crippen molar-refractivity contribution >= 4 is 5.97 Å². The van der Waals surface area contributed by atoms with Crippen LogP contribution >= 0.6 is 0 Å². The van der Waals surface area contributed by atoms with Crippen LogP contribution in [0.4, 0.5) is 0 Å². The van der Waals surface area contributed by atoms with Gasteiger partial charge in [0.15, 0.2) is 0 Å². The summed E-state index contributed by atoms with van der Waals surface area (Å²) in [6.45, 7) is 0.0694. The first kappa shape index (κ1) is 12.4. The normalized spacial score (nSPS) is 12.6. The molecular formula is C12H15NO3. The van der Waals surface area contributed by atoms with Gasteiger partial charge in [0.1, 0.15) is 12.6 Å². The quantitative estimate of drug-likeness (QED) is 0.564. The fraction of sp³-hybridized carbons (Fsp3) is 0.250.